The molecular weight excluding hydrogens is 398 g/mol. The van der Waals surface area contributed by atoms with E-state index < -0.39 is 10.0 Å². The third-order valence-corrected chi connectivity index (χ3v) is 7.97. The molecule has 0 spiro atoms. The summed E-state index contributed by atoms with van der Waals surface area (Å²) < 4.78 is 26.7. The van der Waals surface area contributed by atoms with Crippen molar-refractivity contribution in [2.45, 2.75) is 43.7 Å². The maximum atomic E-state index is 12.6. The lowest BCUT2D eigenvalue weighted by Crippen LogP contribution is -3.08. The van der Waals surface area contributed by atoms with E-state index in [1.165, 1.54) is 47.9 Å². The predicted molar refractivity (Wildman–Crippen MR) is 116 cm³/mol. The molecule has 6 nitrogen and oxygen atoms in total. The van der Waals surface area contributed by atoms with Crippen molar-refractivity contribution in [2.24, 2.45) is 0 Å². The van der Waals surface area contributed by atoms with Crippen molar-refractivity contribution in [3.63, 3.8) is 0 Å². The highest BCUT2D eigenvalue weighted by Crippen LogP contribution is 2.21. The van der Waals surface area contributed by atoms with Crippen LogP contribution in [0.4, 0.5) is 0 Å². The molecule has 2 saturated heterocycles. The molecule has 30 heavy (non-hydrogen) atoms. The lowest BCUT2D eigenvalue weighted by molar-refractivity contribution is -0.901. The first kappa shape index (κ1) is 21.0. The van der Waals surface area contributed by atoms with E-state index in [-0.39, 0.29) is 10.8 Å². The Bertz CT molecular complexity index is 960. The zero-order valence-corrected chi connectivity index (χ0v) is 18.1. The zero-order chi connectivity index (χ0) is 21.0. The third-order valence-electron chi connectivity index (χ3n) is 6.06. The highest BCUT2D eigenvalue weighted by molar-refractivity contribution is 7.89. The lowest BCUT2D eigenvalue weighted by Gasteiger charge is -2.15. The summed E-state index contributed by atoms with van der Waals surface area (Å²) in [7, 11) is -3.45. The van der Waals surface area contributed by atoms with Gasteiger partial charge in [0.15, 0.2) is 0 Å². The largest absolute Gasteiger partial charge is 0.348 e. The van der Waals surface area contributed by atoms with E-state index in [2.05, 4.69) is 29.6 Å². The van der Waals surface area contributed by atoms with Gasteiger partial charge in [-0.05, 0) is 42.7 Å². The second-order valence-corrected chi connectivity index (χ2v) is 10.2. The van der Waals surface area contributed by atoms with Crippen LogP contribution in [0, 0.1) is 0 Å². The van der Waals surface area contributed by atoms with Crippen LogP contribution in [-0.2, 0) is 23.1 Å². The Labute approximate surface area is 178 Å². The molecule has 2 aliphatic heterocycles. The summed E-state index contributed by atoms with van der Waals surface area (Å²) in [5, 5.41) is 2.92. The van der Waals surface area contributed by atoms with Gasteiger partial charge < -0.3 is 10.2 Å². The molecule has 160 valence electrons. The number of hydrogen-bond donors (Lipinski definition) is 2. The first-order valence-electron chi connectivity index (χ1n) is 10.8. The smallest absolute Gasteiger partial charge is 0.251 e. The predicted octanol–water partition coefficient (Wildman–Crippen LogP) is 1.58. The van der Waals surface area contributed by atoms with Gasteiger partial charge in [0, 0.05) is 43.6 Å². The van der Waals surface area contributed by atoms with E-state index in [0.717, 1.165) is 24.9 Å². The lowest BCUT2D eigenvalue weighted by atomic mass is 10.1. The van der Waals surface area contributed by atoms with Crippen molar-refractivity contribution in [3.8, 4) is 0 Å². The molecule has 2 fully saturated rings. The molecule has 0 aromatic heterocycles. The van der Waals surface area contributed by atoms with E-state index in [9.17, 15) is 13.2 Å². The van der Waals surface area contributed by atoms with Crippen LogP contribution in [0.3, 0.4) is 0 Å². The molecule has 2 heterocycles. The molecule has 0 unspecified atom stereocenters. The molecule has 0 radical (unpaired) electrons. The second-order valence-electron chi connectivity index (χ2n) is 8.27. The van der Waals surface area contributed by atoms with E-state index >= 15 is 0 Å². The Morgan fingerprint density at radius 2 is 1.47 bits per heavy atom. The number of sulfonamides is 1. The Morgan fingerprint density at radius 3 is 2.10 bits per heavy atom. The van der Waals surface area contributed by atoms with Crippen LogP contribution in [0.25, 0.3) is 0 Å². The Hall–Kier alpha value is -2.22. The number of amides is 1. The molecule has 2 aromatic rings. The minimum Gasteiger partial charge on any atom is -0.348 e. The van der Waals surface area contributed by atoms with Gasteiger partial charge in [0.1, 0.15) is 6.54 Å². The first-order valence-corrected chi connectivity index (χ1v) is 12.3. The van der Waals surface area contributed by atoms with Gasteiger partial charge in [-0.25, -0.2) is 8.42 Å². The number of hydrogen-bond acceptors (Lipinski definition) is 3. The SMILES string of the molecule is O=C(NCc1ccc(C[NH+]2CCCC2)cc1)c1ccc(S(=O)(=O)N2CCCC2)cc1. The molecule has 0 saturated carbocycles. The average Bonchev–Trinajstić information content (AvgIpc) is 3.48. The topological polar surface area (TPSA) is 70.9 Å². The molecular formula is C23H30N3O3S+. The maximum Gasteiger partial charge on any atom is 0.251 e. The van der Waals surface area contributed by atoms with Crippen LogP contribution in [0.5, 0.6) is 0 Å². The molecule has 0 aliphatic carbocycles. The number of nitrogens with one attached hydrogen (secondary N) is 2. The van der Waals surface area contributed by atoms with Crippen molar-refractivity contribution in [3.05, 3.63) is 65.2 Å². The Balaban J connectivity index is 1.31. The number of carbonyl (C=O) groups is 1. The normalized spacial score (nSPS) is 18.0. The molecule has 2 N–H and O–H groups in total. The van der Waals surface area contributed by atoms with Crippen molar-refractivity contribution in [1.29, 1.82) is 0 Å². The quantitative estimate of drug-likeness (QED) is 0.704. The standard InChI is InChI=1S/C23H29N3O3S/c27-23(21-9-11-22(12-10-21)30(28,29)26-15-3-4-16-26)24-17-19-5-7-20(8-6-19)18-25-13-1-2-14-25/h5-12H,1-4,13-18H2,(H,24,27)/p+1. The fraction of sp³-hybridized carbons (Fsp3) is 0.435. The summed E-state index contributed by atoms with van der Waals surface area (Å²) in [6.07, 6.45) is 4.45. The van der Waals surface area contributed by atoms with Gasteiger partial charge in [0.2, 0.25) is 10.0 Å². The zero-order valence-electron chi connectivity index (χ0n) is 17.3. The highest BCUT2D eigenvalue weighted by atomic mass is 32.2. The van der Waals surface area contributed by atoms with Crippen LogP contribution < -0.4 is 10.2 Å². The van der Waals surface area contributed by atoms with Gasteiger partial charge in [-0.1, -0.05) is 24.3 Å². The minimum atomic E-state index is -3.45. The van der Waals surface area contributed by atoms with Crippen LogP contribution >= 0.6 is 0 Å². The number of quaternary nitrogens is 1. The molecule has 4 rings (SSSR count). The number of benzene rings is 2. The van der Waals surface area contributed by atoms with Gasteiger partial charge in [0.05, 0.1) is 18.0 Å². The van der Waals surface area contributed by atoms with Gasteiger partial charge in [-0.3, -0.25) is 4.79 Å². The monoisotopic (exact) mass is 428 g/mol. The van der Waals surface area contributed by atoms with E-state index in [0.29, 0.717) is 25.2 Å². The number of rotatable bonds is 7. The van der Waals surface area contributed by atoms with Crippen LogP contribution in [0.1, 0.15) is 47.2 Å². The molecule has 7 heteroatoms. The number of likely N-dealkylation sites (tertiary alicyclic amines) is 1. The fourth-order valence-corrected chi connectivity index (χ4v) is 5.77. The first-order chi connectivity index (χ1) is 14.5. The van der Waals surface area contributed by atoms with Crippen molar-refractivity contribution in [1.82, 2.24) is 9.62 Å². The van der Waals surface area contributed by atoms with Crippen molar-refractivity contribution >= 4 is 15.9 Å². The second kappa shape index (κ2) is 9.29. The van der Waals surface area contributed by atoms with Crippen molar-refractivity contribution in [2.75, 3.05) is 26.2 Å². The van der Waals surface area contributed by atoms with E-state index in [1.54, 1.807) is 17.0 Å². The molecule has 0 atom stereocenters. The third kappa shape index (κ3) is 4.91. The molecule has 2 aliphatic rings. The maximum absolute atomic E-state index is 12.6. The minimum absolute atomic E-state index is 0.203. The summed E-state index contributed by atoms with van der Waals surface area (Å²) in [4.78, 5) is 14.3. The van der Waals surface area contributed by atoms with Gasteiger partial charge in [-0.2, -0.15) is 4.31 Å². The van der Waals surface area contributed by atoms with Crippen LogP contribution in [0.2, 0.25) is 0 Å². The summed E-state index contributed by atoms with van der Waals surface area (Å²) in [5.41, 5.74) is 2.85. The summed E-state index contributed by atoms with van der Waals surface area (Å²) in [6.45, 7) is 5.18. The Kier molecular flexibility index (Phi) is 6.51. The van der Waals surface area contributed by atoms with E-state index in [4.69, 9.17) is 0 Å². The molecule has 1 amide bonds. The molecule has 0 bridgehead atoms. The van der Waals surface area contributed by atoms with E-state index in [1.807, 2.05) is 0 Å². The van der Waals surface area contributed by atoms with Crippen LogP contribution in [-0.4, -0.2) is 44.8 Å². The Morgan fingerprint density at radius 1 is 0.867 bits per heavy atom. The van der Waals surface area contributed by atoms with Gasteiger partial charge >= 0.3 is 0 Å². The fourth-order valence-electron chi connectivity index (χ4n) is 4.26. The van der Waals surface area contributed by atoms with Crippen LogP contribution in [0.15, 0.2) is 53.4 Å². The van der Waals surface area contributed by atoms with Gasteiger partial charge in [-0.15, -0.1) is 0 Å². The van der Waals surface area contributed by atoms with Crippen molar-refractivity contribution < 1.29 is 18.1 Å². The number of nitrogens with zero attached hydrogens (tertiary/aromatic N) is 1. The molecule has 2 aromatic carbocycles. The summed E-state index contributed by atoms with van der Waals surface area (Å²) in [6, 6.07) is 14.6. The highest BCUT2D eigenvalue weighted by Gasteiger charge is 2.27. The van der Waals surface area contributed by atoms with Gasteiger partial charge in [0.25, 0.3) is 5.91 Å². The summed E-state index contributed by atoms with van der Waals surface area (Å²) >= 11 is 0. The number of carbonyl (C=O) groups excluding carboxylic acids is 1. The average molecular weight is 429 g/mol. The summed E-state index contributed by atoms with van der Waals surface area (Å²) in [5.74, 6) is -0.203.